The molecule has 78 valence electrons. The third-order valence-electron chi connectivity index (χ3n) is 2.31. The first-order valence-corrected chi connectivity index (χ1v) is 4.92. The van der Waals surface area contributed by atoms with Crippen LogP contribution in [0.1, 0.15) is 13.8 Å². The zero-order valence-electron chi connectivity index (χ0n) is 8.99. The molecule has 0 saturated carbocycles. The summed E-state index contributed by atoms with van der Waals surface area (Å²) in [7, 11) is 0. The molecule has 0 atom stereocenters. The monoisotopic (exact) mass is 194 g/mol. The van der Waals surface area contributed by atoms with Crippen LogP contribution in [0.15, 0.2) is 28.5 Å². The molecule has 1 aliphatic heterocycles. The van der Waals surface area contributed by atoms with E-state index in [0.29, 0.717) is 0 Å². The highest BCUT2D eigenvalue weighted by molar-refractivity contribution is 5.31. The van der Waals surface area contributed by atoms with Gasteiger partial charge in [-0.25, -0.2) is 4.99 Å². The van der Waals surface area contributed by atoms with Gasteiger partial charge in [-0.2, -0.15) is 0 Å². The van der Waals surface area contributed by atoms with E-state index >= 15 is 0 Å². The average Bonchev–Trinajstić information content (AvgIpc) is 2.26. The molecule has 14 heavy (non-hydrogen) atoms. The van der Waals surface area contributed by atoms with E-state index < -0.39 is 0 Å². The average molecular weight is 194 g/mol. The van der Waals surface area contributed by atoms with Crippen LogP contribution in [0.25, 0.3) is 0 Å². The van der Waals surface area contributed by atoms with Crippen molar-refractivity contribution in [1.29, 1.82) is 0 Å². The van der Waals surface area contributed by atoms with Crippen LogP contribution in [-0.2, 0) is 4.74 Å². The van der Waals surface area contributed by atoms with Crippen LogP contribution in [0.3, 0.4) is 0 Å². The van der Waals surface area contributed by atoms with Gasteiger partial charge in [0.05, 0.1) is 13.2 Å². The summed E-state index contributed by atoms with van der Waals surface area (Å²) in [6, 6.07) is 0. The zero-order valence-corrected chi connectivity index (χ0v) is 8.99. The molecule has 0 aromatic rings. The van der Waals surface area contributed by atoms with Crippen LogP contribution >= 0.6 is 0 Å². The summed E-state index contributed by atoms with van der Waals surface area (Å²) in [6.45, 7) is 11.0. The lowest BCUT2D eigenvalue weighted by Gasteiger charge is -2.28. The molecule has 0 aromatic heterocycles. The van der Waals surface area contributed by atoms with Crippen molar-refractivity contribution < 1.29 is 4.74 Å². The Bertz CT molecular complexity index is 250. The van der Waals surface area contributed by atoms with Crippen molar-refractivity contribution in [1.82, 2.24) is 4.90 Å². The molecule has 0 unspecified atom stereocenters. The van der Waals surface area contributed by atoms with Gasteiger partial charge in [0.1, 0.15) is 5.82 Å². The van der Waals surface area contributed by atoms with E-state index in [1.165, 1.54) is 5.57 Å². The molecule has 3 nitrogen and oxygen atoms in total. The van der Waals surface area contributed by atoms with Crippen LogP contribution < -0.4 is 0 Å². The second-order valence-corrected chi connectivity index (χ2v) is 3.29. The molecule has 1 rings (SSSR count). The molecule has 1 heterocycles. The van der Waals surface area contributed by atoms with Crippen LogP contribution in [0, 0.1) is 0 Å². The van der Waals surface area contributed by atoms with E-state index in [1.807, 2.05) is 6.92 Å². The lowest BCUT2D eigenvalue weighted by Crippen LogP contribution is -2.35. The van der Waals surface area contributed by atoms with Crippen molar-refractivity contribution in [2.75, 3.05) is 26.3 Å². The molecule has 1 fully saturated rings. The molecule has 0 amide bonds. The first kappa shape index (κ1) is 11.0. The van der Waals surface area contributed by atoms with Crippen molar-refractivity contribution in [2.45, 2.75) is 13.8 Å². The lowest BCUT2D eigenvalue weighted by atomic mass is 10.2. The third kappa shape index (κ3) is 3.00. The van der Waals surface area contributed by atoms with E-state index in [9.17, 15) is 0 Å². The van der Waals surface area contributed by atoms with Gasteiger partial charge in [0.25, 0.3) is 0 Å². The Labute approximate surface area is 85.8 Å². The normalized spacial score (nSPS) is 19.7. The zero-order chi connectivity index (χ0) is 10.4. The summed E-state index contributed by atoms with van der Waals surface area (Å²) in [6.07, 6.45) is 4.12. The molecule has 0 aliphatic carbocycles. The van der Waals surface area contributed by atoms with Gasteiger partial charge in [-0.15, -0.1) is 0 Å². The van der Waals surface area contributed by atoms with Crippen molar-refractivity contribution in [3.8, 4) is 0 Å². The number of rotatable bonds is 3. The Hall–Kier alpha value is -1.09. The van der Waals surface area contributed by atoms with E-state index in [1.54, 1.807) is 0 Å². The van der Waals surface area contributed by atoms with E-state index in [2.05, 4.69) is 35.7 Å². The number of hydrogen-bond acceptors (Lipinski definition) is 3. The maximum atomic E-state index is 5.28. The molecular weight excluding hydrogens is 176 g/mol. The molecule has 3 heteroatoms. The highest BCUT2D eigenvalue weighted by Gasteiger charge is 2.11. The maximum Gasteiger partial charge on any atom is 0.128 e. The summed E-state index contributed by atoms with van der Waals surface area (Å²) < 4.78 is 5.28. The number of aliphatic imine (C=N–C) groups is 1. The largest absolute Gasteiger partial charge is 0.378 e. The summed E-state index contributed by atoms with van der Waals surface area (Å²) in [5.74, 6) is 0.948. The van der Waals surface area contributed by atoms with Gasteiger partial charge in [-0.3, -0.25) is 0 Å². The van der Waals surface area contributed by atoms with E-state index in [-0.39, 0.29) is 0 Å². The van der Waals surface area contributed by atoms with E-state index in [0.717, 1.165) is 32.1 Å². The molecule has 0 radical (unpaired) electrons. The van der Waals surface area contributed by atoms with Gasteiger partial charge in [0.15, 0.2) is 0 Å². The van der Waals surface area contributed by atoms with Crippen LogP contribution in [-0.4, -0.2) is 37.9 Å². The highest BCUT2D eigenvalue weighted by atomic mass is 16.5. The highest BCUT2D eigenvalue weighted by Crippen LogP contribution is 2.11. The lowest BCUT2D eigenvalue weighted by molar-refractivity contribution is 0.0532. The maximum absolute atomic E-state index is 5.28. The van der Waals surface area contributed by atoms with Gasteiger partial charge >= 0.3 is 0 Å². The molecule has 0 spiro atoms. The number of allylic oxidation sites excluding steroid dienone is 3. The standard InChI is InChI=1S/C11H18N2O/c1-4-10(2)9-11(12-3)13-5-7-14-8-6-13/h4,9H,3,5-8H2,1-2H3/b10-4-,11-9+. The van der Waals surface area contributed by atoms with Gasteiger partial charge in [0.2, 0.25) is 0 Å². The third-order valence-corrected chi connectivity index (χ3v) is 2.31. The smallest absolute Gasteiger partial charge is 0.128 e. The molecule has 1 saturated heterocycles. The van der Waals surface area contributed by atoms with Gasteiger partial charge in [-0.05, 0) is 26.6 Å². The Balaban J connectivity index is 2.69. The van der Waals surface area contributed by atoms with Gasteiger partial charge in [-0.1, -0.05) is 11.6 Å². The molecule has 1 aliphatic rings. The van der Waals surface area contributed by atoms with Crippen LogP contribution in [0.4, 0.5) is 0 Å². The number of nitrogens with zero attached hydrogens (tertiary/aromatic N) is 2. The second kappa shape index (κ2) is 5.60. The topological polar surface area (TPSA) is 24.8 Å². The number of ether oxygens (including phenoxy) is 1. The second-order valence-electron chi connectivity index (χ2n) is 3.29. The minimum atomic E-state index is 0.780. The fraction of sp³-hybridized carbons (Fsp3) is 0.545. The van der Waals surface area contributed by atoms with Crippen molar-refractivity contribution in [3.63, 3.8) is 0 Å². The molecular formula is C11H18N2O. The van der Waals surface area contributed by atoms with Gasteiger partial charge in [0, 0.05) is 13.1 Å². The number of hydrogen-bond donors (Lipinski definition) is 0. The minimum absolute atomic E-state index is 0.780. The molecule has 0 aromatic carbocycles. The van der Waals surface area contributed by atoms with Crippen LogP contribution in [0.5, 0.6) is 0 Å². The first-order valence-electron chi connectivity index (χ1n) is 4.92. The predicted molar refractivity (Wildman–Crippen MR) is 59.5 cm³/mol. The Morgan fingerprint density at radius 1 is 1.43 bits per heavy atom. The summed E-state index contributed by atoms with van der Waals surface area (Å²) in [5.41, 5.74) is 1.21. The van der Waals surface area contributed by atoms with Crippen LogP contribution in [0.2, 0.25) is 0 Å². The Morgan fingerprint density at radius 2 is 2.07 bits per heavy atom. The van der Waals surface area contributed by atoms with Gasteiger partial charge < -0.3 is 9.64 Å². The Kier molecular flexibility index (Phi) is 4.40. The molecule has 0 bridgehead atoms. The summed E-state index contributed by atoms with van der Waals surface area (Å²) in [5, 5.41) is 0. The van der Waals surface area contributed by atoms with Crippen molar-refractivity contribution in [2.24, 2.45) is 4.99 Å². The van der Waals surface area contributed by atoms with Crippen molar-refractivity contribution >= 4 is 6.72 Å². The molecule has 0 N–H and O–H groups in total. The SMILES string of the molecule is C=N/C(=C\C(C)=C/C)N1CCOCC1. The van der Waals surface area contributed by atoms with E-state index in [4.69, 9.17) is 4.74 Å². The van der Waals surface area contributed by atoms with Crippen molar-refractivity contribution in [3.05, 3.63) is 23.5 Å². The first-order chi connectivity index (χ1) is 6.77. The minimum Gasteiger partial charge on any atom is -0.378 e. The summed E-state index contributed by atoms with van der Waals surface area (Å²) >= 11 is 0. The number of morpholine rings is 1. The summed E-state index contributed by atoms with van der Waals surface area (Å²) in [4.78, 5) is 6.24. The fourth-order valence-electron chi connectivity index (χ4n) is 1.32. The predicted octanol–water partition coefficient (Wildman–Crippen LogP) is 1.83. The Morgan fingerprint density at radius 3 is 2.57 bits per heavy atom. The quantitative estimate of drug-likeness (QED) is 0.506. The fourth-order valence-corrected chi connectivity index (χ4v) is 1.32.